The second-order valence-corrected chi connectivity index (χ2v) is 5.31. The van der Waals surface area contributed by atoms with Crippen LogP contribution in [0.25, 0.3) is 0 Å². The molecule has 2 nitrogen and oxygen atoms in total. The highest BCUT2D eigenvalue weighted by Gasteiger charge is 2.15. The van der Waals surface area contributed by atoms with Gasteiger partial charge in [0, 0.05) is 10.9 Å². The van der Waals surface area contributed by atoms with Gasteiger partial charge in [0.2, 0.25) is 0 Å². The number of aromatic nitrogens is 1. The molecule has 2 unspecified atom stereocenters. The molecule has 0 bridgehead atoms. The topological polar surface area (TPSA) is 24.9 Å². The Bertz CT molecular complexity index is 376. The Morgan fingerprint density at radius 3 is 2.62 bits per heavy atom. The Morgan fingerprint density at radius 1 is 1.50 bits per heavy atom. The van der Waals surface area contributed by atoms with E-state index < -0.39 is 0 Å². The van der Waals surface area contributed by atoms with E-state index in [1.165, 1.54) is 4.88 Å². The molecule has 0 aliphatic carbocycles. The van der Waals surface area contributed by atoms with Crippen molar-refractivity contribution >= 4 is 11.3 Å². The summed E-state index contributed by atoms with van der Waals surface area (Å²) < 4.78 is 0. The average molecular weight is 236 g/mol. The average Bonchev–Trinajstić information content (AvgIpc) is 2.57. The van der Waals surface area contributed by atoms with Gasteiger partial charge in [-0.25, -0.2) is 4.98 Å². The summed E-state index contributed by atoms with van der Waals surface area (Å²) >= 11 is 1.75. The van der Waals surface area contributed by atoms with Gasteiger partial charge in [-0.3, -0.25) is 5.32 Å². The van der Waals surface area contributed by atoms with Crippen molar-refractivity contribution in [3.8, 4) is 12.3 Å². The first-order valence-corrected chi connectivity index (χ1v) is 6.56. The summed E-state index contributed by atoms with van der Waals surface area (Å²) in [6.45, 7) is 8.40. The molecule has 3 heteroatoms. The molecule has 0 radical (unpaired) electrons. The van der Waals surface area contributed by atoms with Crippen LogP contribution in [0.1, 0.15) is 48.3 Å². The summed E-state index contributed by atoms with van der Waals surface area (Å²) in [6, 6.07) is 0.459. The van der Waals surface area contributed by atoms with E-state index in [0.717, 1.165) is 23.5 Å². The van der Waals surface area contributed by atoms with E-state index in [9.17, 15) is 0 Å². The molecular weight excluding hydrogens is 216 g/mol. The molecule has 16 heavy (non-hydrogen) atoms. The molecule has 0 saturated heterocycles. The highest BCUT2D eigenvalue weighted by Crippen LogP contribution is 2.24. The van der Waals surface area contributed by atoms with Crippen LogP contribution in [0.3, 0.4) is 0 Å². The maximum atomic E-state index is 5.50. The van der Waals surface area contributed by atoms with E-state index in [1.54, 1.807) is 11.3 Å². The monoisotopic (exact) mass is 236 g/mol. The van der Waals surface area contributed by atoms with Crippen LogP contribution in [0.15, 0.2) is 0 Å². The highest BCUT2D eigenvalue weighted by atomic mass is 32.1. The molecule has 1 N–H and O–H groups in total. The zero-order chi connectivity index (χ0) is 12.1. The van der Waals surface area contributed by atoms with Crippen LogP contribution in [-0.4, -0.2) is 11.0 Å². The molecule has 88 valence electrons. The van der Waals surface area contributed by atoms with E-state index in [2.05, 4.69) is 37.0 Å². The summed E-state index contributed by atoms with van der Waals surface area (Å²) in [6.07, 6.45) is 7.64. The third-order valence-corrected chi connectivity index (χ3v) is 3.82. The molecule has 0 spiro atoms. The van der Waals surface area contributed by atoms with Crippen molar-refractivity contribution in [1.82, 2.24) is 10.3 Å². The molecule has 0 fully saturated rings. The molecule has 0 aromatic carbocycles. The smallest absolute Gasteiger partial charge is 0.0900 e. The molecule has 1 aromatic rings. The van der Waals surface area contributed by atoms with Gasteiger partial charge in [0.15, 0.2) is 0 Å². The molecule has 1 aromatic heterocycles. The van der Waals surface area contributed by atoms with Crippen LogP contribution >= 0.6 is 11.3 Å². The van der Waals surface area contributed by atoms with Gasteiger partial charge in [0.05, 0.1) is 16.7 Å². The van der Waals surface area contributed by atoms with Crippen LogP contribution in [0.2, 0.25) is 0 Å². The van der Waals surface area contributed by atoms with Crippen molar-refractivity contribution in [1.29, 1.82) is 0 Å². The molecule has 1 heterocycles. The van der Waals surface area contributed by atoms with E-state index in [1.807, 2.05) is 6.92 Å². The minimum absolute atomic E-state index is 0.168. The summed E-state index contributed by atoms with van der Waals surface area (Å²) in [7, 11) is 0. The SMILES string of the molecule is C#CC(CCC)NC(C)c1sc(C)nc1C. The lowest BCUT2D eigenvalue weighted by atomic mass is 10.1. The minimum Gasteiger partial charge on any atom is -0.296 e. The van der Waals surface area contributed by atoms with Crippen LogP contribution in [0, 0.1) is 26.2 Å². The van der Waals surface area contributed by atoms with Gasteiger partial charge in [0.25, 0.3) is 0 Å². The van der Waals surface area contributed by atoms with E-state index in [-0.39, 0.29) is 6.04 Å². The van der Waals surface area contributed by atoms with Gasteiger partial charge in [0.1, 0.15) is 0 Å². The normalized spacial score (nSPS) is 14.4. The number of hydrogen-bond acceptors (Lipinski definition) is 3. The van der Waals surface area contributed by atoms with Gasteiger partial charge in [-0.05, 0) is 27.2 Å². The first kappa shape index (κ1) is 13.2. The first-order chi connectivity index (χ1) is 7.58. The number of rotatable bonds is 5. The zero-order valence-corrected chi connectivity index (χ0v) is 11.3. The number of nitrogens with zero attached hydrogens (tertiary/aromatic N) is 1. The van der Waals surface area contributed by atoms with Crippen molar-refractivity contribution in [2.24, 2.45) is 0 Å². The zero-order valence-electron chi connectivity index (χ0n) is 10.5. The van der Waals surface area contributed by atoms with Crippen LogP contribution in [0.5, 0.6) is 0 Å². The van der Waals surface area contributed by atoms with Crippen molar-refractivity contribution in [3.63, 3.8) is 0 Å². The minimum atomic E-state index is 0.168. The predicted octanol–water partition coefficient (Wildman–Crippen LogP) is 3.21. The van der Waals surface area contributed by atoms with Crippen LogP contribution in [-0.2, 0) is 0 Å². The van der Waals surface area contributed by atoms with E-state index in [4.69, 9.17) is 6.42 Å². The van der Waals surface area contributed by atoms with Gasteiger partial charge >= 0.3 is 0 Å². The van der Waals surface area contributed by atoms with Gasteiger partial charge in [-0.15, -0.1) is 17.8 Å². The maximum Gasteiger partial charge on any atom is 0.0900 e. The maximum absolute atomic E-state index is 5.50. The summed E-state index contributed by atoms with van der Waals surface area (Å²) in [5.74, 6) is 2.80. The Kier molecular flexibility index (Phi) is 4.98. The number of hydrogen-bond donors (Lipinski definition) is 1. The number of aryl methyl sites for hydroxylation is 2. The second-order valence-electron chi connectivity index (χ2n) is 4.08. The van der Waals surface area contributed by atoms with E-state index in [0.29, 0.717) is 6.04 Å². The number of thiazole rings is 1. The van der Waals surface area contributed by atoms with Crippen LogP contribution < -0.4 is 5.32 Å². The molecule has 0 aliphatic rings. The summed E-state index contributed by atoms with van der Waals surface area (Å²) in [5, 5.41) is 4.59. The second kappa shape index (κ2) is 6.03. The van der Waals surface area contributed by atoms with E-state index >= 15 is 0 Å². The fraction of sp³-hybridized carbons (Fsp3) is 0.615. The van der Waals surface area contributed by atoms with Gasteiger partial charge in [-0.2, -0.15) is 0 Å². The molecular formula is C13H20N2S. The third kappa shape index (κ3) is 3.33. The Labute approximate surface area is 102 Å². The first-order valence-electron chi connectivity index (χ1n) is 5.74. The lowest BCUT2D eigenvalue weighted by Crippen LogP contribution is -2.30. The molecule has 0 aliphatic heterocycles. The molecule has 1 rings (SSSR count). The van der Waals surface area contributed by atoms with Crippen molar-refractivity contribution < 1.29 is 0 Å². The Morgan fingerprint density at radius 2 is 2.19 bits per heavy atom. The molecule has 0 amide bonds. The Balaban J connectivity index is 2.68. The lowest BCUT2D eigenvalue weighted by molar-refractivity contribution is 0.498. The standard InChI is InChI=1S/C13H20N2S/c1-6-8-12(7-2)15-10(4)13-9(3)14-11(5)16-13/h2,10,12,15H,6,8H2,1,3-5H3. The molecule has 2 atom stereocenters. The summed E-state index contributed by atoms with van der Waals surface area (Å²) in [5.41, 5.74) is 1.12. The molecule has 0 saturated carbocycles. The predicted molar refractivity (Wildman–Crippen MR) is 70.7 cm³/mol. The van der Waals surface area contributed by atoms with Crippen LogP contribution in [0.4, 0.5) is 0 Å². The van der Waals surface area contributed by atoms with Crippen molar-refractivity contribution in [2.75, 3.05) is 0 Å². The van der Waals surface area contributed by atoms with Crippen molar-refractivity contribution in [3.05, 3.63) is 15.6 Å². The summed E-state index contributed by atoms with van der Waals surface area (Å²) in [4.78, 5) is 5.74. The van der Waals surface area contributed by atoms with Gasteiger partial charge < -0.3 is 0 Å². The van der Waals surface area contributed by atoms with Crippen molar-refractivity contribution in [2.45, 2.75) is 52.6 Å². The number of terminal acetylenes is 1. The lowest BCUT2D eigenvalue weighted by Gasteiger charge is -2.18. The third-order valence-electron chi connectivity index (χ3n) is 2.56. The number of nitrogens with one attached hydrogen (secondary N) is 1. The fourth-order valence-corrected chi connectivity index (χ4v) is 2.77. The fourth-order valence-electron chi connectivity index (χ4n) is 1.83. The Hall–Kier alpha value is -0.850. The quantitative estimate of drug-likeness (QED) is 0.794. The largest absolute Gasteiger partial charge is 0.296 e. The highest BCUT2D eigenvalue weighted by molar-refractivity contribution is 7.11. The van der Waals surface area contributed by atoms with Gasteiger partial charge in [-0.1, -0.05) is 19.3 Å².